The summed E-state index contributed by atoms with van der Waals surface area (Å²) in [4.78, 5) is 25.0. The molecule has 2 heterocycles. The second-order valence-corrected chi connectivity index (χ2v) is 6.55. The van der Waals surface area contributed by atoms with Crippen molar-refractivity contribution in [1.29, 1.82) is 5.26 Å². The van der Waals surface area contributed by atoms with Crippen molar-refractivity contribution in [3.05, 3.63) is 74.5 Å². The van der Waals surface area contributed by atoms with Gasteiger partial charge in [-0.1, -0.05) is 12.1 Å². The SMILES string of the molecule is COCCn1c(C)cc2c(c1=O)C(c1ccc(C(=O)OC)cc1)C(C#N)=C(N)O2. The summed E-state index contributed by atoms with van der Waals surface area (Å²) in [6.45, 7) is 2.52. The van der Waals surface area contributed by atoms with Crippen LogP contribution >= 0.6 is 0 Å². The summed E-state index contributed by atoms with van der Waals surface area (Å²) in [5.74, 6) is -0.912. The van der Waals surface area contributed by atoms with Crippen LogP contribution in [-0.2, 0) is 16.0 Å². The number of rotatable bonds is 5. The number of ether oxygens (including phenoxy) is 3. The maximum absolute atomic E-state index is 13.3. The fourth-order valence-electron chi connectivity index (χ4n) is 3.41. The number of fused-ring (bicyclic) bond motifs is 1. The van der Waals surface area contributed by atoms with Gasteiger partial charge in [-0.3, -0.25) is 4.79 Å². The second-order valence-electron chi connectivity index (χ2n) is 6.55. The molecule has 0 aliphatic carbocycles. The van der Waals surface area contributed by atoms with E-state index in [9.17, 15) is 14.9 Å². The minimum Gasteiger partial charge on any atom is -0.465 e. The van der Waals surface area contributed by atoms with Gasteiger partial charge in [0.05, 0.1) is 30.8 Å². The van der Waals surface area contributed by atoms with E-state index in [0.717, 1.165) is 0 Å². The van der Waals surface area contributed by atoms with Crippen LogP contribution in [-0.4, -0.2) is 31.4 Å². The number of aryl methyl sites for hydroxylation is 1. The Morgan fingerprint density at radius 2 is 2.00 bits per heavy atom. The Hall–Kier alpha value is -3.57. The Balaban J connectivity index is 2.20. The van der Waals surface area contributed by atoms with E-state index in [2.05, 4.69) is 6.07 Å². The van der Waals surface area contributed by atoms with Crippen LogP contribution in [0.3, 0.4) is 0 Å². The van der Waals surface area contributed by atoms with Gasteiger partial charge in [-0.05, 0) is 24.6 Å². The molecule has 2 N–H and O–H groups in total. The zero-order valence-electron chi connectivity index (χ0n) is 16.4. The predicted octanol–water partition coefficient (Wildman–Crippen LogP) is 1.81. The molecule has 0 fully saturated rings. The first-order chi connectivity index (χ1) is 13.9. The highest BCUT2D eigenvalue weighted by molar-refractivity contribution is 5.89. The number of pyridine rings is 1. The topological polar surface area (TPSA) is 117 Å². The number of nitrogens with two attached hydrogens (primary N) is 1. The minimum atomic E-state index is -0.711. The van der Waals surface area contributed by atoms with Crippen LogP contribution < -0.4 is 16.0 Å². The molecule has 0 radical (unpaired) electrons. The highest BCUT2D eigenvalue weighted by Crippen LogP contribution is 2.40. The number of hydrogen-bond donors (Lipinski definition) is 1. The third kappa shape index (κ3) is 3.60. The van der Waals surface area contributed by atoms with Gasteiger partial charge in [-0.15, -0.1) is 0 Å². The van der Waals surface area contributed by atoms with Crippen LogP contribution in [0.5, 0.6) is 5.75 Å². The smallest absolute Gasteiger partial charge is 0.337 e. The van der Waals surface area contributed by atoms with Gasteiger partial charge in [0.25, 0.3) is 5.56 Å². The maximum Gasteiger partial charge on any atom is 0.337 e. The Morgan fingerprint density at radius 3 is 2.59 bits per heavy atom. The number of allylic oxidation sites excluding steroid dienone is 1. The van der Waals surface area contributed by atoms with Crippen molar-refractivity contribution in [2.75, 3.05) is 20.8 Å². The largest absolute Gasteiger partial charge is 0.465 e. The second kappa shape index (κ2) is 8.20. The lowest BCUT2D eigenvalue weighted by Crippen LogP contribution is -2.33. The Morgan fingerprint density at radius 1 is 1.31 bits per heavy atom. The molecule has 8 nitrogen and oxygen atoms in total. The summed E-state index contributed by atoms with van der Waals surface area (Å²) in [6, 6.07) is 10.3. The predicted molar refractivity (Wildman–Crippen MR) is 104 cm³/mol. The van der Waals surface area contributed by atoms with Crippen molar-refractivity contribution in [3.8, 4) is 11.8 Å². The van der Waals surface area contributed by atoms with E-state index in [0.29, 0.717) is 41.3 Å². The number of carbonyl (C=O) groups is 1. The van der Waals surface area contributed by atoms with E-state index < -0.39 is 11.9 Å². The molecule has 0 spiro atoms. The number of esters is 1. The highest BCUT2D eigenvalue weighted by Gasteiger charge is 2.34. The van der Waals surface area contributed by atoms with Crippen LogP contribution in [0.2, 0.25) is 0 Å². The summed E-state index contributed by atoms with van der Waals surface area (Å²) in [5, 5.41) is 9.69. The van der Waals surface area contributed by atoms with Gasteiger partial charge in [0.15, 0.2) is 0 Å². The van der Waals surface area contributed by atoms with Crippen LogP contribution in [0, 0.1) is 18.3 Å². The number of methoxy groups -OCH3 is 2. The highest BCUT2D eigenvalue weighted by atomic mass is 16.5. The number of benzene rings is 1. The number of nitriles is 1. The van der Waals surface area contributed by atoms with E-state index >= 15 is 0 Å². The molecule has 3 rings (SSSR count). The molecule has 0 amide bonds. The lowest BCUT2D eigenvalue weighted by molar-refractivity contribution is 0.0600. The third-order valence-corrected chi connectivity index (χ3v) is 4.87. The van der Waals surface area contributed by atoms with Crippen LogP contribution in [0.4, 0.5) is 0 Å². The summed E-state index contributed by atoms with van der Waals surface area (Å²) in [5.41, 5.74) is 7.86. The standard InChI is InChI=1S/C21H21N3O5/c1-12-10-16-18(20(25)24(12)8-9-27-2)17(15(11-22)19(23)29-16)13-4-6-14(7-5-13)21(26)28-3/h4-7,10,17H,8-9,23H2,1-3H3. The minimum absolute atomic E-state index is 0.0458. The van der Waals surface area contributed by atoms with Gasteiger partial charge in [0.1, 0.15) is 17.4 Å². The monoisotopic (exact) mass is 395 g/mol. The van der Waals surface area contributed by atoms with Gasteiger partial charge in [-0.2, -0.15) is 5.26 Å². The number of nitrogens with zero attached hydrogens (tertiary/aromatic N) is 2. The fraction of sp³-hybridized carbons (Fsp3) is 0.286. The lowest BCUT2D eigenvalue weighted by Gasteiger charge is -2.27. The Labute approximate surface area is 167 Å². The van der Waals surface area contributed by atoms with Crippen LogP contribution in [0.15, 0.2) is 46.6 Å². The fourth-order valence-corrected chi connectivity index (χ4v) is 3.41. The van der Waals surface area contributed by atoms with Crippen LogP contribution in [0.1, 0.15) is 33.1 Å². The van der Waals surface area contributed by atoms with Gasteiger partial charge >= 0.3 is 5.97 Å². The summed E-state index contributed by atoms with van der Waals surface area (Å²) >= 11 is 0. The third-order valence-electron chi connectivity index (χ3n) is 4.87. The lowest BCUT2D eigenvalue weighted by atomic mass is 9.83. The van der Waals surface area contributed by atoms with Crippen molar-refractivity contribution in [1.82, 2.24) is 4.57 Å². The van der Waals surface area contributed by atoms with Gasteiger partial charge < -0.3 is 24.5 Å². The molecule has 1 unspecified atom stereocenters. The molecule has 1 atom stereocenters. The van der Waals surface area contributed by atoms with Gasteiger partial charge in [0.2, 0.25) is 5.88 Å². The van der Waals surface area contributed by atoms with Crippen molar-refractivity contribution >= 4 is 5.97 Å². The number of carbonyl (C=O) groups excluding carboxylic acids is 1. The van der Waals surface area contributed by atoms with Crippen molar-refractivity contribution < 1.29 is 19.0 Å². The number of aromatic nitrogens is 1. The first-order valence-electron chi connectivity index (χ1n) is 8.92. The first kappa shape index (κ1) is 20.2. The zero-order valence-corrected chi connectivity index (χ0v) is 16.4. The molecule has 1 aromatic heterocycles. The molecule has 0 bridgehead atoms. The molecular weight excluding hydrogens is 374 g/mol. The van der Waals surface area contributed by atoms with Crippen molar-refractivity contribution in [3.63, 3.8) is 0 Å². The Kier molecular flexibility index (Phi) is 5.71. The molecule has 8 heteroatoms. The normalized spacial score (nSPS) is 15.3. The molecule has 29 heavy (non-hydrogen) atoms. The van der Waals surface area contributed by atoms with Crippen molar-refractivity contribution in [2.45, 2.75) is 19.4 Å². The van der Waals surface area contributed by atoms with E-state index in [1.54, 1.807) is 48.9 Å². The first-order valence-corrected chi connectivity index (χ1v) is 8.92. The zero-order chi connectivity index (χ0) is 21.1. The average Bonchev–Trinajstić information content (AvgIpc) is 2.72. The molecule has 1 aliphatic rings. The average molecular weight is 395 g/mol. The van der Waals surface area contributed by atoms with E-state index in [-0.39, 0.29) is 17.0 Å². The molecule has 150 valence electrons. The van der Waals surface area contributed by atoms with E-state index in [1.165, 1.54) is 7.11 Å². The summed E-state index contributed by atoms with van der Waals surface area (Å²) < 4.78 is 17.0. The molecule has 0 saturated carbocycles. The molecule has 1 aromatic carbocycles. The molecule has 0 saturated heterocycles. The summed E-state index contributed by atoms with van der Waals surface area (Å²) in [6.07, 6.45) is 0. The van der Waals surface area contributed by atoms with Crippen molar-refractivity contribution in [2.24, 2.45) is 5.73 Å². The van der Waals surface area contributed by atoms with Gasteiger partial charge in [-0.25, -0.2) is 4.79 Å². The van der Waals surface area contributed by atoms with Crippen LogP contribution in [0.25, 0.3) is 0 Å². The quantitative estimate of drug-likeness (QED) is 0.767. The Bertz CT molecular complexity index is 1080. The van der Waals surface area contributed by atoms with Gasteiger partial charge in [0, 0.05) is 25.4 Å². The molecule has 2 aromatic rings. The summed E-state index contributed by atoms with van der Waals surface area (Å²) in [7, 11) is 2.86. The molecule has 1 aliphatic heterocycles. The van der Waals surface area contributed by atoms with E-state index in [1.807, 2.05) is 0 Å². The molecular formula is C21H21N3O5. The number of hydrogen-bond acceptors (Lipinski definition) is 7. The van der Waals surface area contributed by atoms with E-state index in [4.69, 9.17) is 19.9 Å². The maximum atomic E-state index is 13.3.